The maximum Gasteiger partial charge on any atom is 0.163 e. The Morgan fingerprint density at radius 2 is 1.84 bits per heavy atom. The van der Waals surface area contributed by atoms with Crippen LogP contribution in [0.5, 0.6) is 17.2 Å². The molecule has 0 unspecified atom stereocenters. The Morgan fingerprint density at radius 1 is 1.04 bits per heavy atom. The maximum atomic E-state index is 11.5. The zero-order valence-corrected chi connectivity index (χ0v) is 14.5. The minimum atomic E-state index is -0.0420. The van der Waals surface area contributed by atoms with Crippen LogP contribution in [0.3, 0.4) is 0 Å². The second-order valence-electron chi connectivity index (χ2n) is 5.08. The van der Waals surface area contributed by atoms with Gasteiger partial charge in [0.15, 0.2) is 12.4 Å². The Bertz CT molecular complexity index is 742. The standard InChI is InChI=1S/C19H21NO5/c1-14(21)17-6-4-5-7-19(17)24-10-11-25-20-13-15-12-16(22-2)8-9-18(15)23-3/h4-9,12-13H,10-11H2,1-3H3/b20-13+. The number of Topliss-reactive ketones (excluding diaryl/α,β-unsaturated/α-hetero) is 1. The van der Waals surface area contributed by atoms with E-state index < -0.39 is 0 Å². The molecular formula is C19H21NO5. The third-order valence-corrected chi connectivity index (χ3v) is 3.40. The molecule has 132 valence electrons. The van der Waals surface area contributed by atoms with Gasteiger partial charge in [0.1, 0.15) is 23.9 Å². The van der Waals surface area contributed by atoms with Crippen LogP contribution in [0.15, 0.2) is 47.6 Å². The Kier molecular flexibility index (Phi) is 6.83. The summed E-state index contributed by atoms with van der Waals surface area (Å²) in [4.78, 5) is 16.7. The quantitative estimate of drug-likeness (QED) is 0.302. The third kappa shape index (κ3) is 5.24. The van der Waals surface area contributed by atoms with Gasteiger partial charge < -0.3 is 19.0 Å². The molecule has 6 nitrogen and oxygen atoms in total. The maximum absolute atomic E-state index is 11.5. The Labute approximate surface area is 147 Å². The van der Waals surface area contributed by atoms with E-state index in [9.17, 15) is 4.79 Å². The van der Waals surface area contributed by atoms with Crippen molar-refractivity contribution >= 4 is 12.0 Å². The lowest BCUT2D eigenvalue weighted by atomic mass is 10.1. The number of ether oxygens (including phenoxy) is 3. The number of para-hydroxylation sites is 1. The summed E-state index contributed by atoms with van der Waals surface area (Å²) in [6.45, 7) is 2.02. The zero-order valence-electron chi connectivity index (χ0n) is 14.5. The van der Waals surface area contributed by atoms with Gasteiger partial charge in [0.25, 0.3) is 0 Å². The van der Waals surface area contributed by atoms with E-state index in [-0.39, 0.29) is 19.0 Å². The van der Waals surface area contributed by atoms with Crippen molar-refractivity contribution in [3.63, 3.8) is 0 Å². The van der Waals surface area contributed by atoms with Crippen LogP contribution in [0, 0.1) is 0 Å². The summed E-state index contributed by atoms with van der Waals surface area (Å²) in [5, 5.41) is 3.91. The minimum Gasteiger partial charge on any atom is -0.497 e. The van der Waals surface area contributed by atoms with Crippen LogP contribution in [0.4, 0.5) is 0 Å². The fourth-order valence-corrected chi connectivity index (χ4v) is 2.16. The van der Waals surface area contributed by atoms with Gasteiger partial charge in [-0.1, -0.05) is 17.3 Å². The molecule has 6 heteroatoms. The highest BCUT2D eigenvalue weighted by atomic mass is 16.6. The summed E-state index contributed by atoms with van der Waals surface area (Å²) in [6, 6.07) is 12.5. The molecule has 0 spiro atoms. The van der Waals surface area contributed by atoms with E-state index in [1.165, 1.54) is 6.92 Å². The van der Waals surface area contributed by atoms with Crippen molar-refractivity contribution in [1.29, 1.82) is 0 Å². The first-order valence-corrected chi connectivity index (χ1v) is 7.76. The topological polar surface area (TPSA) is 66.3 Å². The number of oxime groups is 1. The molecule has 0 aromatic heterocycles. The Morgan fingerprint density at radius 3 is 2.56 bits per heavy atom. The average Bonchev–Trinajstić information content (AvgIpc) is 2.64. The Hall–Kier alpha value is -3.02. The van der Waals surface area contributed by atoms with Crippen molar-refractivity contribution in [2.45, 2.75) is 6.92 Å². The second kappa shape index (κ2) is 9.32. The number of ketones is 1. The molecule has 0 saturated carbocycles. The van der Waals surface area contributed by atoms with E-state index in [0.717, 1.165) is 5.56 Å². The van der Waals surface area contributed by atoms with E-state index in [2.05, 4.69) is 5.16 Å². The van der Waals surface area contributed by atoms with Crippen molar-refractivity contribution in [1.82, 2.24) is 0 Å². The summed E-state index contributed by atoms with van der Waals surface area (Å²) in [5.41, 5.74) is 1.29. The van der Waals surface area contributed by atoms with Crippen LogP contribution in [0.1, 0.15) is 22.8 Å². The van der Waals surface area contributed by atoms with Crippen LogP contribution < -0.4 is 14.2 Å². The molecule has 0 heterocycles. The molecule has 25 heavy (non-hydrogen) atoms. The molecule has 0 atom stereocenters. The van der Waals surface area contributed by atoms with Crippen molar-refractivity contribution in [3.8, 4) is 17.2 Å². The first-order chi connectivity index (χ1) is 12.2. The van der Waals surface area contributed by atoms with E-state index in [4.69, 9.17) is 19.0 Å². The SMILES string of the molecule is COc1ccc(OC)c(/C=N/OCCOc2ccccc2C(C)=O)c1. The third-order valence-electron chi connectivity index (χ3n) is 3.40. The molecule has 0 saturated heterocycles. The lowest BCUT2D eigenvalue weighted by Crippen LogP contribution is -2.07. The first-order valence-electron chi connectivity index (χ1n) is 7.76. The van der Waals surface area contributed by atoms with Gasteiger partial charge in [0, 0.05) is 5.56 Å². The highest BCUT2D eigenvalue weighted by Crippen LogP contribution is 2.22. The summed E-state index contributed by atoms with van der Waals surface area (Å²) in [5.74, 6) is 1.86. The van der Waals surface area contributed by atoms with Crippen LogP contribution >= 0.6 is 0 Å². The average molecular weight is 343 g/mol. The number of nitrogens with zero attached hydrogens (tertiary/aromatic N) is 1. The van der Waals surface area contributed by atoms with Crippen molar-refractivity contribution in [3.05, 3.63) is 53.6 Å². The van der Waals surface area contributed by atoms with Gasteiger partial charge in [-0.2, -0.15) is 0 Å². The molecule has 2 aromatic carbocycles. The fraction of sp³-hybridized carbons (Fsp3) is 0.263. The number of carbonyl (C=O) groups excluding carboxylic acids is 1. The number of hydrogen-bond donors (Lipinski definition) is 0. The number of methoxy groups -OCH3 is 2. The predicted molar refractivity (Wildman–Crippen MR) is 95.0 cm³/mol. The smallest absolute Gasteiger partial charge is 0.163 e. The number of hydrogen-bond acceptors (Lipinski definition) is 6. The molecule has 0 aliphatic carbocycles. The van der Waals surface area contributed by atoms with Gasteiger partial charge in [-0.05, 0) is 37.3 Å². The van der Waals surface area contributed by atoms with Gasteiger partial charge in [0.05, 0.1) is 26.0 Å². The number of carbonyl (C=O) groups is 1. The van der Waals surface area contributed by atoms with Gasteiger partial charge in [-0.3, -0.25) is 4.79 Å². The van der Waals surface area contributed by atoms with E-state index >= 15 is 0 Å². The molecule has 0 amide bonds. The summed E-state index contributed by atoms with van der Waals surface area (Å²) < 4.78 is 16.0. The van der Waals surface area contributed by atoms with Crippen LogP contribution in [0.2, 0.25) is 0 Å². The zero-order chi connectivity index (χ0) is 18.1. The largest absolute Gasteiger partial charge is 0.497 e. The molecule has 2 rings (SSSR count). The van der Waals surface area contributed by atoms with Gasteiger partial charge >= 0.3 is 0 Å². The molecule has 0 radical (unpaired) electrons. The number of rotatable bonds is 9. The minimum absolute atomic E-state index is 0.0420. The molecule has 0 aliphatic heterocycles. The number of benzene rings is 2. The molecule has 0 N–H and O–H groups in total. The molecule has 0 bridgehead atoms. The van der Waals surface area contributed by atoms with Crippen LogP contribution in [-0.4, -0.2) is 39.4 Å². The van der Waals surface area contributed by atoms with E-state index in [1.54, 1.807) is 56.8 Å². The summed E-state index contributed by atoms with van der Waals surface area (Å²) in [7, 11) is 3.18. The van der Waals surface area contributed by atoms with Crippen LogP contribution in [0.25, 0.3) is 0 Å². The van der Waals surface area contributed by atoms with Gasteiger partial charge in [0.2, 0.25) is 0 Å². The van der Waals surface area contributed by atoms with Crippen molar-refractivity contribution in [2.75, 3.05) is 27.4 Å². The highest BCUT2D eigenvalue weighted by molar-refractivity contribution is 5.96. The lowest BCUT2D eigenvalue weighted by molar-refractivity contribution is 0.0987. The molecular weight excluding hydrogens is 322 g/mol. The van der Waals surface area contributed by atoms with E-state index in [1.807, 2.05) is 6.07 Å². The first kappa shape index (κ1) is 18.3. The summed E-state index contributed by atoms with van der Waals surface area (Å²) >= 11 is 0. The van der Waals surface area contributed by atoms with Crippen molar-refractivity contribution in [2.24, 2.45) is 5.16 Å². The molecule has 0 aliphatic rings. The highest BCUT2D eigenvalue weighted by Gasteiger charge is 2.07. The van der Waals surface area contributed by atoms with Crippen molar-refractivity contribution < 1.29 is 23.8 Å². The summed E-state index contributed by atoms with van der Waals surface area (Å²) in [6.07, 6.45) is 1.55. The molecule has 0 fully saturated rings. The monoisotopic (exact) mass is 343 g/mol. The van der Waals surface area contributed by atoms with Crippen LogP contribution in [-0.2, 0) is 4.84 Å². The fourth-order valence-electron chi connectivity index (χ4n) is 2.16. The van der Waals surface area contributed by atoms with Gasteiger partial charge in [-0.15, -0.1) is 0 Å². The predicted octanol–water partition coefficient (Wildman–Crippen LogP) is 3.34. The second-order valence-corrected chi connectivity index (χ2v) is 5.08. The normalized spacial score (nSPS) is 10.5. The Balaban J connectivity index is 1.86. The van der Waals surface area contributed by atoms with Gasteiger partial charge in [-0.25, -0.2) is 0 Å². The molecule has 2 aromatic rings. The lowest BCUT2D eigenvalue weighted by Gasteiger charge is -2.09. The van der Waals surface area contributed by atoms with E-state index in [0.29, 0.717) is 22.8 Å².